The Bertz CT molecular complexity index is 920. The molecule has 0 N–H and O–H groups in total. The van der Waals surface area contributed by atoms with Crippen LogP contribution in [-0.4, -0.2) is 11.7 Å². The molecule has 28 heavy (non-hydrogen) atoms. The van der Waals surface area contributed by atoms with Crippen molar-refractivity contribution in [2.24, 2.45) is 4.99 Å². The lowest BCUT2D eigenvalue weighted by molar-refractivity contribution is 0.339. The van der Waals surface area contributed by atoms with E-state index in [2.05, 4.69) is 12.1 Å². The molecule has 0 atom stereocenters. The summed E-state index contributed by atoms with van der Waals surface area (Å²) in [6, 6.07) is 27.8. The van der Waals surface area contributed by atoms with Crippen molar-refractivity contribution >= 4 is 22.5 Å². The first-order valence-electron chi connectivity index (χ1n) is 9.18. The molecule has 0 saturated heterocycles. The van der Waals surface area contributed by atoms with Gasteiger partial charge >= 0.3 is 0 Å². The minimum atomic E-state index is 0.648. The Morgan fingerprint density at radius 1 is 0.857 bits per heavy atom. The fraction of sp³-hybridized carbons (Fsp3) is 0.125. The highest BCUT2D eigenvalue weighted by Gasteiger charge is 2.07. The summed E-state index contributed by atoms with van der Waals surface area (Å²) in [7, 11) is 0. The van der Waals surface area contributed by atoms with Crippen LogP contribution in [0, 0.1) is 0 Å². The second-order valence-corrected chi connectivity index (χ2v) is 7.05. The van der Waals surface area contributed by atoms with E-state index in [4.69, 9.17) is 14.5 Å². The number of hydrogen-bond donors (Lipinski definition) is 0. The van der Waals surface area contributed by atoms with Crippen LogP contribution in [0.5, 0.6) is 11.5 Å². The lowest BCUT2D eigenvalue weighted by atomic mass is 10.3. The molecular formula is C24H23NO2S. The van der Waals surface area contributed by atoms with E-state index in [9.17, 15) is 0 Å². The van der Waals surface area contributed by atoms with Gasteiger partial charge in [-0.3, -0.25) is 0 Å². The molecule has 0 amide bonds. The van der Waals surface area contributed by atoms with Crippen LogP contribution in [0.25, 0.3) is 0 Å². The Hall–Kier alpha value is -2.98. The Morgan fingerprint density at radius 3 is 2.11 bits per heavy atom. The number of para-hydroxylation sites is 1. The van der Waals surface area contributed by atoms with Crippen LogP contribution in [0.3, 0.4) is 0 Å². The fourth-order valence-corrected chi connectivity index (χ4v) is 3.28. The van der Waals surface area contributed by atoms with Crippen LogP contribution >= 0.6 is 11.8 Å². The molecule has 0 heterocycles. The van der Waals surface area contributed by atoms with Crippen molar-refractivity contribution in [3.05, 3.63) is 96.8 Å². The van der Waals surface area contributed by atoms with Crippen LogP contribution < -0.4 is 9.47 Å². The van der Waals surface area contributed by atoms with E-state index in [1.807, 2.05) is 86.6 Å². The lowest BCUT2D eigenvalue weighted by Gasteiger charge is -2.09. The summed E-state index contributed by atoms with van der Waals surface area (Å²) in [6.45, 7) is 4.62. The zero-order valence-corrected chi connectivity index (χ0v) is 16.9. The zero-order chi connectivity index (χ0) is 19.6. The first-order chi connectivity index (χ1) is 13.7. The van der Waals surface area contributed by atoms with Crippen LogP contribution in [0.1, 0.15) is 13.8 Å². The number of ether oxygens (including phenoxy) is 2. The molecule has 3 rings (SSSR count). The highest BCUT2D eigenvalue weighted by atomic mass is 32.2. The van der Waals surface area contributed by atoms with Crippen molar-refractivity contribution in [2.75, 3.05) is 6.61 Å². The SMILES string of the molecule is CCOc1ccc(OC=C(C)C(=Nc2ccccc2)Sc2ccccc2)cc1. The third-order valence-electron chi connectivity index (χ3n) is 3.79. The number of aliphatic imine (C=N–C) groups is 1. The van der Waals surface area contributed by atoms with Gasteiger partial charge in [0.2, 0.25) is 0 Å². The van der Waals surface area contributed by atoms with Crippen molar-refractivity contribution in [1.82, 2.24) is 0 Å². The molecule has 0 unspecified atom stereocenters. The van der Waals surface area contributed by atoms with E-state index in [0.717, 1.165) is 32.7 Å². The first-order valence-corrected chi connectivity index (χ1v) is 9.99. The summed E-state index contributed by atoms with van der Waals surface area (Å²) in [5.74, 6) is 1.59. The van der Waals surface area contributed by atoms with Gasteiger partial charge in [0.1, 0.15) is 16.5 Å². The summed E-state index contributed by atoms with van der Waals surface area (Å²) in [4.78, 5) is 5.95. The molecule has 0 radical (unpaired) electrons. The summed E-state index contributed by atoms with van der Waals surface area (Å²) in [6.07, 6.45) is 1.74. The Balaban J connectivity index is 1.80. The van der Waals surface area contributed by atoms with Crippen LogP contribution in [0.4, 0.5) is 5.69 Å². The number of hydrogen-bond acceptors (Lipinski definition) is 4. The van der Waals surface area contributed by atoms with Crippen molar-refractivity contribution in [3.63, 3.8) is 0 Å². The van der Waals surface area contributed by atoms with Crippen molar-refractivity contribution in [2.45, 2.75) is 18.7 Å². The maximum atomic E-state index is 5.85. The first kappa shape index (κ1) is 19.8. The number of thioether (sulfide) groups is 1. The van der Waals surface area contributed by atoms with Crippen molar-refractivity contribution < 1.29 is 9.47 Å². The number of benzene rings is 3. The predicted octanol–water partition coefficient (Wildman–Crippen LogP) is 6.89. The molecule has 0 aliphatic rings. The van der Waals surface area contributed by atoms with Crippen LogP contribution in [-0.2, 0) is 0 Å². The second-order valence-electron chi connectivity index (χ2n) is 5.99. The van der Waals surface area contributed by atoms with E-state index < -0.39 is 0 Å². The van der Waals surface area contributed by atoms with E-state index in [1.165, 1.54) is 0 Å². The molecule has 0 aliphatic heterocycles. The van der Waals surface area contributed by atoms with E-state index in [0.29, 0.717) is 6.61 Å². The Morgan fingerprint density at radius 2 is 1.46 bits per heavy atom. The fourth-order valence-electron chi connectivity index (χ4n) is 2.40. The average molecular weight is 390 g/mol. The highest BCUT2D eigenvalue weighted by molar-refractivity contribution is 8.14. The molecule has 0 aromatic heterocycles. The van der Waals surface area contributed by atoms with Gasteiger partial charge in [-0.05, 0) is 62.4 Å². The maximum Gasteiger partial charge on any atom is 0.126 e. The van der Waals surface area contributed by atoms with Gasteiger partial charge in [-0.25, -0.2) is 4.99 Å². The Labute approximate surface area is 170 Å². The normalized spacial score (nSPS) is 11.9. The molecule has 3 aromatic rings. The van der Waals surface area contributed by atoms with E-state index in [-0.39, 0.29) is 0 Å². The van der Waals surface area contributed by atoms with Gasteiger partial charge in [0.15, 0.2) is 0 Å². The van der Waals surface area contributed by atoms with Gasteiger partial charge in [0.25, 0.3) is 0 Å². The molecular weight excluding hydrogens is 366 g/mol. The summed E-state index contributed by atoms with van der Waals surface area (Å²) in [5.41, 5.74) is 1.86. The molecule has 3 nitrogen and oxygen atoms in total. The van der Waals surface area contributed by atoms with Crippen molar-refractivity contribution in [1.29, 1.82) is 0 Å². The zero-order valence-electron chi connectivity index (χ0n) is 16.0. The number of rotatable bonds is 7. The molecule has 4 heteroatoms. The van der Waals surface area contributed by atoms with E-state index in [1.54, 1.807) is 18.0 Å². The largest absolute Gasteiger partial charge is 0.494 e. The van der Waals surface area contributed by atoms with Crippen molar-refractivity contribution in [3.8, 4) is 11.5 Å². The molecule has 0 saturated carbocycles. The van der Waals surface area contributed by atoms with Gasteiger partial charge in [-0.1, -0.05) is 48.2 Å². The molecule has 142 valence electrons. The Kier molecular flexibility index (Phi) is 7.33. The topological polar surface area (TPSA) is 30.8 Å². The quantitative estimate of drug-likeness (QED) is 0.191. The highest BCUT2D eigenvalue weighted by Crippen LogP contribution is 2.27. The third-order valence-corrected chi connectivity index (χ3v) is 4.90. The van der Waals surface area contributed by atoms with Crippen LogP contribution in [0.15, 0.2) is 107 Å². The minimum Gasteiger partial charge on any atom is -0.494 e. The molecule has 0 spiro atoms. The third kappa shape index (κ3) is 6.03. The average Bonchev–Trinajstić information content (AvgIpc) is 2.74. The van der Waals surface area contributed by atoms with Gasteiger partial charge in [0.05, 0.1) is 18.6 Å². The molecule has 0 aliphatic carbocycles. The summed E-state index contributed by atoms with van der Waals surface area (Å²) >= 11 is 1.62. The van der Waals surface area contributed by atoms with Crippen LogP contribution in [0.2, 0.25) is 0 Å². The lowest BCUT2D eigenvalue weighted by Crippen LogP contribution is -1.97. The molecule has 0 fully saturated rings. The predicted molar refractivity (Wildman–Crippen MR) is 118 cm³/mol. The van der Waals surface area contributed by atoms with Gasteiger partial charge < -0.3 is 9.47 Å². The minimum absolute atomic E-state index is 0.648. The second kappa shape index (κ2) is 10.4. The van der Waals surface area contributed by atoms with Gasteiger partial charge in [-0.15, -0.1) is 0 Å². The summed E-state index contributed by atoms with van der Waals surface area (Å²) in [5, 5.41) is 0.892. The summed E-state index contributed by atoms with van der Waals surface area (Å²) < 4.78 is 11.3. The standard InChI is InChI=1S/C24H23NO2S/c1-3-26-21-14-16-22(17-15-21)27-18-19(2)24(25-20-10-6-4-7-11-20)28-23-12-8-5-9-13-23/h4-18H,3H2,1-2H3. The van der Waals surface area contributed by atoms with Gasteiger partial charge in [0, 0.05) is 10.5 Å². The van der Waals surface area contributed by atoms with Gasteiger partial charge in [-0.2, -0.15) is 0 Å². The van der Waals surface area contributed by atoms with E-state index >= 15 is 0 Å². The maximum absolute atomic E-state index is 5.85. The molecule has 0 bridgehead atoms. The smallest absolute Gasteiger partial charge is 0.126 e. The molecule has 3 aromatic carbocycles. The monoisotopic (exact) mass is 389 g/mol. The number of nitrogens with zero attached hydrogens (tertiary/aromatic N) is 1.